The molecule has 0 aliphatic carbocycles. The van der Waals surface area contributed by atoms with Gasteiger partial charge in [0, 0.05) is 23.4 Å². The number of aliphatic hydroxyl groups is 1. The summed E-state index contributed by atoms with van der Waals surface area (Å²) in [5.41, 5.74) is 7.68. The van der Waals surface area contributed by atoms with E-state index in [1.54, 1.807) is 30.6 Å². The summed E-state index contributed by atoms with van der Waals surface area (Å²) in [6.45, 7) is 2.25. The molecule has 8 heteroatoms. The second-order valence-corrected chi connectivity index (χ2v) is 7.84. The lowest BCUT2D eigenvalue weighted by Gasteiger charge is -2.13. The number of hydrogen-bond acceptors (Lipinski definition) is 6. The van der Waals surface area contributed by atoms with Gasteiger partial charge in [-0.15, -0.1) is 11.3 Å². The van der Waals surface area contributed by atoms with Crippen LogP contribution in [0.4, 0.5) is 5.69 Å². The highest BCUT2D eigenvalue weighted by molar-refractivity contribution is 9.10. The maximum absolute atomic E-state index is 9.64. The van der Waals surface area contributed by atoms with E-state index in [0.29, 0.717) is 18.1 Å². The van der Waals surface area contributed by atoms with Gasteiger partial charge in [0.05, 0.1) is 39.3 Å². The van der Waals surface area contributed by atoms with Crippen LogP contribution < -0.4 is 11.1 Å². The Morgan fingerprint density at radius 1 is 1.54 bits per heavy atom. The molecule has 128 valence electrons. The third-order valence-corrected chi connectivity index (χ3v) is 6.24. The molecule has 0 spiro atoms. The highest BCUT2D eigenvalue weighted by atomic mass is 79.9. The molecule has 0 fully saturated rings. The average Bonchev–Trinajstić information content (AvgIpc) is 3.15. The lowest BCUT2D eigenvalue weighted by molar-refractivity contribution is 0.163. The first-order valence-corrected chi connectivity index (χ1v) is 9.41. The molecule has 3 heterocycles. The van der Waals surface area contributed by atoms with Crippen molar-refractivity contribution in [1.82, 2.24) is 4.98 Å². The molecule has 2 unspecified atom stereocenters. The number of nitrogens with one attached hydrogen (secondary N) is 1. The van der Waals surface area contributed by atoms with Crippen LogP contribution in [0.3, 0.4) is 0 Å². The number of nitrogens with two attached hydrogens (primary N) is 1. The largest absolute Gasteiger partial charge is 0.467 e. The standard InChI is InChI=1S/C16H17BrClN3O2S/c1-8(22)10(19)5-12-14(17)15-16(24-12)11(6-13(18)21-15)20-7-9-3-2-4-23-9/h2-4,6,8,10,22H,5,7,19H2,1H3,(H,20,21). The normalized spacial score (nSPS) is 14.0. The van der Waals surface area contributed by atoms with E-state index < -0.39 is 6.10 Å². The quantitative estimate of drug-likeness (QED) is 0.511. The minimum atomic E-state index is -0.574. The highest BCUT2D eigenvalue weighted by Gasteiger charge is 2.19. The number of hydrogen-bond donors (Lipinski definition) is 3. The zero-order valence-electron chi connectivity index (χ0n) is 12.9. The first-order valence-electron chi connectivity index (χ1n) is 7.43. The van der Waals surface area contributed by atoms with Crippen molar-refractivity contribution in [1.29, 1.82) is 0 Å². The molecule has 0 radical (unpaired) electrons. The monoisotopic (exact) mass is 429 g/mol. The molecule has 24 heavy (non-hydrogen) atoms. The van der Waals surface area contributed by atoms with Crippen molar-refractivity contribution in [3.05, 3.63) is 44.7 Å². The van der Waals surface area contributed by atoms with E-state index in [4.69, 9.17) is 21.8 Å². The van der Waals surface area contributed by atoms with Gasteiger partial charge in [0.2, 0.25) is 0 Å². The molecule has 3 rings (SSSR count). The predicted molar refractivity (Wildman–Crippen MR) is 102 cm³/mol. The van der Waals surface area contributed by atoms with E-state index in [1.165, 1.54) is 0 Å². The van der Waals surface area contributed by atoms with Gasteiger partial charge >= 0.3 is 0 Å². The molecular formula is C16H17BrClN3O2S. The average molecular weight is 431 g/mol. The van der Waals surface area contributed by atoms with Gasteiger partial charge in [-0.3, -0.25) is 0 Å². The summed E-state index contributed by atoms with van der Waals surface area (Å²) in [5, 5.41) is 13.4. The highest BCUT2D eigenvalue weighted by Crippen LogP contribution is 2.40. The van der Waals surface area contributed by atoms with Crippen LogP contribution in [0.25, 0.3) is 10.2 Å². The zero-order chi connectivity index (χ0) is 17.3. The Labute approximate surface area is 157 Å². The molecular weight excluding hydrogens is 414 g/mol. The number of nitrogens with zero attached hydrogens (tertiary/aromatic N) is 1. The van der Waals surface area contributed by atoms with Crippen molar-refractivity contribution in [3.8, 4) is 0 Å². The zero-order valence-corrected chi connectivity index (χ0v) is 16.1. The molecule has 0 amide bonds. The van der Waals surface area contributed by atoms with E-state index in [0.717, 1.165) is 31.0 Å². The van der Waals surface area contributed by atoms with Gasteiger partial charge in [-0.2, -0.15) is 0 Å². The van der Waals surface area contributed by atoms with E-state index in [1.807, 2.05) is 12.1 Å². The van der Waals surface area contributed by atoms with Crippen molar-refractivity contribution < 1.29 is 9.52 Å². The molecule has 0 aliphatic rings. The number of fused-ring (bicyclic) bond motifs is 1. The minimum Gasteiger partial charge on any atom is -0.467 e. The first-order chi connectivity index (χ1) is 11.5. The van der Waals surface area contributed by atoms with Crippen LogP contribution in [0.5, 0.6) is 0 Å². The second kappa shape index (κ2) is 7.41. The Morgan fingerprint density at radius 3 is 3.00 bits per heavy atom. The van der Waals surface area contributed by atoms with Gasteiger partial charge in [-0.25, -0.2) is 4.98 Å². The van der Waals surface area contributed by atoms with Crippen LogP contribution >= 0.6 is 38.9 Å². The Balaban J connectivity index is 1.94. The van der Waals surface area contributed by atoms with Crippen LogP contribution in [-0.2, 0) is 13.0 Å². The molecule has 0 saturated carbocycles. The van der Waals surface area contributed by atoms with Gasteiger partial charge in [0.1, 0.15) is 10.9 Å². The lowest BCUT2D eigenvalue weighted by atomic mass is 10.1. The fourth-order valence-electron chi connectivity index (χ4n) is 2.30. The van der Waals surface area contributed by atoms with Crippen LogP contribution in [0, 0.1) is 0 Å². The summed E-state index contributed by atoms with van der Waals surface area (Å²) in [5.74, 6) is 0.836. The van der Waals surface area contributed by atoms with E-state index in [2.05, 4.69) is 26.2 Å². The smallest absolute Gasteiger partial charge is 0.131 e. The molecule has 2 atom stereocenters. The Hall–Kier alpha value is -1.12. The van der Waals surface area contributed by atoms with Crippen molar-refractivity contribution in [2.75, 3.05) is 5.32 Å². The number of thiophene rings is 1. The Morgan fingerprint density at radius 2 is 2.33 bits per heavy atom. The number of aliphatic hydroxyl groups excluding tert-OH is 1. The molecule has 0 aliphatic heterocycles. The SMILES string of the molecule is CC(O)C(N)Cc1sc2c(NCc3ccco3)cc(Cl)nc2c1Br. The third-order valence-electron chi connectivity index (χ3n) is 3.69. The number of furan rings is 1. The first kappa shape index (κ1) is 17.7. The third kappa shape index (κ3) is 3.75. The summed E-state index contributed by atoms with van der Waals surface area (Å²) in [4.78, 5) is 5.45. The molecule has 0 saturated heterocycles. The summed E-state index contributed by atoms with van der Waals surface area (Å²) in [7, 11) is 0. The van der Waals surface area contributed by atoms with Crippen molar-refractivity contribution in [2.24, 2.45) is 5.73 Å². The molecule has 4 N–H and O–H groups in total. The minimum absolute atomic E-state index is 0.329. The summed E-state index contributed by atoms with van der Waals surface area (Å²) in [6, 6.07) is 5.23. The van der Waals surface area contributed by atoms with E-state index >= 15 is 0 Å². The fraction of sp³-hybridized carbons (Fsp3) is 0.312. The van der Waals surface area contributed by atoms with Gasteiger partial charge < -0.3 is 20.6 Å². The summed E-state index contributed by atoms with van der Waals surface area (Å²) >= 11 is 11.3. The number of rotatable bonds is 6. The van der Waals surface area contributed by atoms with Gasteiger partial charge in [-0.05, 0) is 35.0 Å². The van der Waals surface area contributed by atoms with E-state index in [9.17, 15) is 5.11 Å². The maximum atomic E-state index is 9.64. The van der Waals surface area contributed by atoms with Crippen molar-refractivity contribution in [2.45, 2.75) is 32.0 Å². The topological polar surface area (TPSA) is 84.3 Å². The number of aromatic nitrogens is 1. The number of halogens is 2. The number of pyridine rings is 1. The fourth-order valence-corrected chi connectivity index (χ4v) is 4.51. The van der Waals surface area contributed by atoms with Crippen LogP contribution in [0.1, 0.15) is 17.6 Å². The second-order valence-electron chi connectivity index (χ2n) is 5.55. The van der Waals surface area contributed by atoms with E-state index in [-0.39, 0.29) is 6.04 Å². The van der Waals surface area contributed by atoms with Crippen LogP contribution in [0.15, 0.2) is 33.4 Å². The molecule has 0 aromatic carbocycles. The van der Waals surface area contributed by atoms with Gasteiger partial charge in [-0.1, -0.05) is 11.6 Å². The van der Waals surface area contributed by atoms with Gasteiger partial charge in [0.25, 0.3) is 0 Å². The maximum Gasteiger partial charge on any atom is 0.131 e. The van der Waals surface area contributed by atoms with Crippen LogP contribution in [-0.4, -0.2) is 22.2 Å². The summed E-state index contributed by atoms with van der Waals surface area (Å²) in [6.07, 6.45) is 1.63. The van der Waals surface area contributed by atoms with Gasteiger partial charge in [0.15, 0.2) is 0 Å². The van der Waals surface area contributed by atoms with Crippen LogP contribution in [0.2, 0.25) is 5.15 Å². The Kier molecular flexibility index (Phi) is 5.46. The lowest BCUT2D eigenvalue weighted by Crippen LogP contribution is -2.34. The Bertz CT molecular complexity index is 836. The molecule has 5 nitrogen and oxygen atoms in total. The molecule has 0 bridgehead atoms. The number of anilines is 1. The molecule has 3 aromatic rings. The summed E-state index contributed by atoms with van der Waals surface area (Å²) < 4.78 is 7.21. The van der Waals surface area contributed by atoms with Crippen molar-refractivity contribution >= 4 is 54.8 Å². The molecule has 3 aromatic heterocycles. The van der Waals surface area contributed by atoms with Crippen molar-refractivity contribution in [3.63, 3.8) is 0 Å². The predicted octanol–water partition coefficient (Wildman–Crippen LogP) is 4.17.